The quantitative estimate of drug-likeness (QED) is 0.772. The van der Waals surface area contributed by atoms with Gasteiger partial charge in [0.05, 0.1) is 0 Å². The average molecular weight is 264 g/mol. The van der Waals surface area contributed by atoms with E-state index < -0.39 is 0 Å². The van der Waals surface area contributed by atoms with Crippen LogP contribution < -0.4 is 10.6 Å². The molecule has 1 aliphatic rings. The molecule has 3 heteroatoms. The van der Waals surface area contributed by atoms with Gasteiger partial charge in [-0.2, -0.15) is 0 Å². The molecule has 0 aliphatic carbocycles. The topological polar surface area (TPSA) is 24.1 Å². The molecule has 0 bridgehead atoms. The van der Waals surface area contributed by atoms with E-state index in [0.717, 1.165) is 18.7 Å². The van der Waals surface area contributed by atoms with Crippen molar-refractivity contribution in [1.82, 2.24) is 10.6 Å². The molecule has 0 saturated carbocycles. The van der Waals surface area contributed by atoms with Crippen LogP contribution in [0.2, 0.25) is 0 Å². The van der Waals surface area contributed by atoms with Crippen molar-refractivity contribution in [3.63, 3.8) is 0 Å². The zero-order valence-electron chi connectivity index (χ0n) is 12.0. The highest BCUT2D eigenvalue weighted by Gasteiger charge is 2.21. The maximum atomic E-state index is 13.3. The minimum atomic E-state index is -0.152. The molecule has 0 aromatic heterocycles. The Kier molecular flexibility index (Phi) is 4.94. The fraction of sp³-hybridized carbons (Fsp3) is 0.625. The van der Waals surface area contributed by atoms with Crippen molar-refractivity contribution in [2.45, 2.75) is 44.6 Å². The van der Waals surface area contributed by atoms with Gasteiger partial charge in [0.2, 0.25) is 0 Å². The van der Waals surface area contributed by atoms with Crippen LogP contribution in [-0.2, 0) is 5.41 Å². The first-order valence-electron chi connectivity index (χ1n) is 7.28. The van der Waals surface area contributed by atoms with Gasteiger partial charge in [0.25, 0.3) is 0 Å². The molecule has 0 spiro atoms. The molecule has 1 fully saturated rings. The van der Waals surface area contributed by atoms with Crippen molar-refractivity contribution in [3.8, 4) is 0 Å². The molecule has 1 heterocycles. The van der Waals surface area contributed by atoms with Crippen LogP contribution in [0.25, 0.3) is 0 Å². The van der Waals surface area contributed by atoms with E-state index in [1.807, 2.05) is 6.07 Å². The first-order valence-corrected chi connectivity index (χ1v) is 7.28. The summed E-state index contributed by atoms with van der Waals surface area (Å²) in [5, 5.41) is 7.01. The lowest BCUT2D eigenvalue weighted by atomic mass is 9.84. The second kappa shape index (κ2) is 6.49. The largest absolute Gasteiger partial charge is 0.316 e. The molecule has 0 radical (unpaired) electrons. The van der Waals surface area contributed by atoms with Crippen molar-refractivity contribution in [1.29, 1.82) is 0 Å². The molecule has 1 aliphatic heterocycles. The zero-order chi connectivity index (χ0) is 13.7. The van der Waals surface area contributed by atoms with Crippen LogP contribution in [0.5, 0.6) is 0 Å². The van der Waals surface area contributed by atoms with Gasteiger partial charge >= 0.3 is 0 Å². The van der Waals surface area contributed by atoms with E-state index in [2.05, 4.69) is 24.5 Å². The molecule has 2 rings (SSSR count). The van der Waals surface area contributed by atoms with Crippen LogP contribution in [0.1, 0.15) is 38.7 Å². The Morgan fingerprint density at radius 2 is 2.26 bits per heavy atom. The standard InChI is InChI=1S/C16H25FN2/c1-16(2,13-5-3-6-14(17)11-13)12-18-10-8-15-7-4-9-19-15/h3,5-6,11,15,18-19H,4,7-10,12H2,1-2H3. The van der Waals surface area contributed by atoms with Crippen LogP contribution in [0, 0.1) is 5.82 Å². The third kappa shape index (κ3) is 4.29. The van der Waals surface area contributed by atoms with Gasteiger partial charge in [-0.15, -0.1) is 0 Å². The summed E-state index contributed by atoms with van der Waals surface area (Å²) in [4.78, 5) is 0. The Bertz CT molecular complexity index is 397. The van der Waals surface area contributed by atoms with E-state index in [9.17, 15) is 4.39 Å². The van der Waals surface area contributed by atoms with Gasteiger partial charge in [0.1, 0.15) is 5.82 Å². The summed E-state index contributed by atoms with van der Waals surface area (Å²) >= 11 is 0. The maximum absolute atomic E-state index is 13.3. The fourth-order valence-electron chi connectivity index (χ4n) is 2.69. The predicted octanol–water partition coefficient (Wildman–Crippen LogP) is 2.84. The predicted molar refractivity (Wildman–Crippen MR) is 77.9 cm³/mol. The summed E-state index contributed by atoms with van der Waals surface area (Å²) in [5.74, 6) is -0.152. The number of hydrogen-bond acceptors (Lipinski definition) is 2. The molecule has 19 heavy (non-hydrogen) atoms. The van der Waals surface area contributed by atoms with Crippen LogP contribution >= 0.6 is 0 Å². The zero-order valence-corrected chi connectivity index (χ0v) is 12.0. The molecule has 106 valence electrons. The second-order valence-corrected chi connectivity index (χ2v) is 6.15. The molecule has 1 saturated heterocycles. The lowest BCUT2D eigenvalue weighted by Crippen LogP contribution is -2.35. The molecule has 2 N–H and O–H groups in total. The van der Waals surface area contributed by atoms with E-state index in [-0.39, 0.29) is 11.2 Å². The van der Waals surface area contributed by atoms with E-state index in [1.165, 1.54) is 31.9 Å². The number of rotatable bonds is 6. The molecule has 1 aromatic rings. The minimum Gasteiger partial charge on any atom is -0.316 e. The van der Waals surface area contributed by atoms with E-state index in [0.29, 0.717) is 6.04 Å². The Balaban J connectivity index is 1.77. The Morgan fingerprint density at radius 3 is 2.95 bits per heavy atom. The highest BCUT2D eigenvalue weighted by Crippen LogP contribution is 2.22. The first kappa shape index (κ1) is 14.5. The molecular formula is C16H25FN2. The summed E-state index contributed by atoms with van der Waals surface area (Å²) in [6, 6.07) is 7.61. The van der Waals surface area contributed by atoms with Crippen molar-refractivity contribution < 1.29 is 4.39 Å². The van der Waals surface area contributed by atoms with Crippen molar-refractivity contribution in [3.05, 3.63) is 35.6 Å². The number of hydrogen-bond donors (Lipinski definition) is 2. The summed E-state index contributed by atoms with van der Waals surface area (Å²) in [7, 11) is 0. The Labute approximate surface area is 115 Å². The average Bonchev–Trinajstić information content (AvgIpc) is 2.88. The van der Waals surface area contributed by atoms with Crippen LogP contribution in [0.15, 0.2) is 24.3 Å². The maximum Gasteiger partial charge on any atom is 0.123 e. The number of halogens is 1. The lowest BCUT2D eigenvalue weighted by Gasteiger charge is -2.26. The highest BCUT2D eigenvalue weighted by molar-refractivity contribution is 5.24. The van der Waals surface area contributed by atoms with Crippen molar-refractivity contribution in [2.75, 3.05) is 19.6 Å². The number of nitrogens with one attached hydrogen (secondary N) is 2. The van der Waals surface area contributed by atoms with Gasteiger partial charge in [-0.3, -0.25) is 0 Å². The molecule has 0 amide bonds. The van der Waals surface area contributed by atoms with Gasteiger partial charge in [0, 0.05) is 18.0 Å². The van der Waals surface area contributed by atoms with Crippen LogP contribution in [0.3, 0.4) is 0 Å². The van der Waals surface area contributed by atoms with Crippen LogP contribution in [-0.4, -0.2) is 25.7 Å². The van der Waals surface area contributed by atoms with Gasteiger partial charge < -0.3 is 10.6 Å². The third-order valence-electron chi connectivity index (χ3n) is 4.00. The Hall–Kier alpha value is -0.930. The third-order valence-corrected chi connectivity index (χ3v) is 4.00. The normalized spacial score (nSPS) is 19.8. The monoisotopic (exact) mass is 264 g/mol. The molecule has 1 unspecified atom stereocenters. The Morgan fingerprint density at radius 1 is 1.42 bits per heavy atom. The van der Waals surface area contributed by atoms with Gasteiger partial charge in [0.15, 0.2) is 0 Å². The highest BCUT2D eigenvalue weighted by atomic mass is 19.1. The van der Waals surface area contributed by atoms with Gasteiger partial charge in [-0.05, 0) is 50.0 Å². The van der Waals surface area contributed by atoms with Gasteiger partial charge in [-0.1, -0.05) is 26.0 Å². The summed E-state index contributed by atoms with van der Waals surface area (Å²) < 4.78 is 13.3. The molecule has 2 nitrogen and oxygen atoms in total. The summed E-state index contributed by atoms with van der Waals surface area (Å²) in [6.07, 6.45) is 3.79. The number of benzene rings is 1. The summed E-state index contributed by atoms with van der Waals surface area (Å²) in [6.45, 7) is 7.38. The first-order chi connectivity index (χ1) is 9.08. The molecule has 1 atom stereocenters. The second-order valence-electron chi connectivity index (χ2n) is 6.15. The fourth-order valence-corrected chi connectivity index (χ4v) is 2.69. The van der Waals surface area contributed by atoms with E-state index in [1.54, 1.807) is 12.1 Å². The molecular weight excluding hydrogens is 239 g/mol. The van der Waals surface area contributed by atoms with Crippen LogP contribution in [0.4, 0.5) is 4.39 Å². The van der Waals surface area contributed by atoms with E-state index >= 15 is 0 Å². The lowest BCUT2D eigenvalue weighted by molar-refractivity contribution is 0.445. The van der Waals surface area contributed by atoms with Gasteiger partial charge in [-0.25, -0.2) is 4.39 Å². The smallest absolute Gasteiger partial charge is 0.123 e. The van der Waals surface area contributed by atoms with E-state index in [4.69, 9.17) is 0 Å². The molecule has 1 aromatic carbocycles. The minimum absolute atomic E-state index is 0.0365. The summed E-state index contributed by atoms with van der Waals surface area (Å²) in [5.41, 5.74) is 1.02. The van der Waals surface area contributed by atoms with Crippen molar-refractivity contribution in [2.24, 2.45) is 0 Å². The SMILES string of the molecule is CC(C)(CNCCC1CCCN1)c1cccc(F)c1. The van der Waals surface area contributed by atoms with Crippen molar-refractivity contribution >= 4 is 0 Å².